The minimum atomic E-state index is 0.134. The molecule has 0 aromatic heterocycles. The predicted molar refractivity (Wildman–Crippen MR) is 34.2 cm³/mol. The zero-order valence-corrected chi connectivity index (χ0v) is 5.67. The molecule has 1 fully saturated rings. The predicted octanol–water partition coefficient (Wildman–Crippen LogP) is -0.251. The van der Waals surface area contributed by atoms with Gasteiger partial charge < -0.3 is 15.2 Å². The molecule has 1 aliphatic rings. The lowest BCUT2D eigenvalue weighted by atomic mass is 10.2. The van der Waals surface area contributed by atoms with Crippen LogP contribution in [-0.2, 0) is 9.47 Å². The Morgan fingerprint density at radius 1 is 1.78 bits per heavy atom. The molecule has 1 saturated heterocycles. The van der Waals surface area contributed by atoms with Crippen LogP contribution in [0.25, 0.3) is 0 Å². The summed E-state index contributed by atoms with van der Waals surface area (Å²) in [6.07, 6.45) is 1.35. The van der Waals surface area contributed by atoms with Gasteiger partial charge in [-0.1, -0.05) is 0 Å². The number of methoxy groups -OCH3 is 1. The zero-order chi connectivity index (χ0) is 6.69. The van der Waals surface area contributed by atoms with Gasteiger partial charge in [0.1, 0.15) is 0 Å². The lowest BCUT2D eigenvalue weighted by Gasteiger charge is -2.13. The molecule has 0 aromatic carbocycles. The first-order valence-electron chi connectivity index (χ1n) is 3.23. The van der Waals surface area contributed by atoms with Gasteiger partial charge in [-0.15, -0.1) is 0 Å². The van der Waals surface area contributed by atoms with E-state index in [9.17, 15) is 0 Å². The fourth-order valence-electron chi connectivity index (χ4n) is 1.12. The zero-order valence-electron chi connectivity index (χ0n) is 5.67. The summed E-state index contributed by atoms with van der Waals surface area (Å²) in [7, 11) is 1.70. The number of rotatable bonds is 2. The summed E-state index contributed by atoms with van der Waals surface area (Å²) in [5, 5.41) is 0. The van der Waals surface area contributed by atoms with Crippen LogP contribution in [0.15, 0.2) is 0 Å². The van der Waals surface area contributed by atoms with Crippen molar-refractivity contribution in [2.75, 3.05) is 20.3 Å². The molecule has 3 heteroatoms. The summed E-state index contributed by atoms with van der Waals surface area (Å²) in [6, 6.07) is 0. The third kappa shape index (κ3) is 1.41. The van der Waals surface area contributed by atoms with Crippen molar-refractivity contribution in [2.24, 2.45) is 5.73 Å². The molecule has 1 aliphatic heterocycles. The Kier molecular flexibility index (Phi) is 2.45. The smallest absolute Gasteiger partial charge is 0.0959 e. The van der Waals surface area contributed by atoms with Crippen molar-refractivity contribution in [3.63, 3.8) is 0 Å². The van der Waals surface area contributed by atoms with Gasteiger partial charge in [-0.3, -0.25) is 0 Å². The summed E-state index contributed by atoms with van der Waals surface area (Å²) in [5.74, 6) is 0. The van der Waals surface area contributed by atoms with E-state index < -0.39 is 0 Å². The highest BCUT2D eigenvalue weighted by Gasteiger charge is 2.26. The van der Waals surface area contributed by atoms with E-state index in [4.69, 9.17) is 15.2 Å². The van der Waals surface area contributed by atoms with Crippen molar-refractivity contribution in [3.8, 4) is 0 Å². The lowest BCUT2D eigenvalue weighted by molar-refractivity contribution is 0.0215. The molecule has 0 saturated carbocycles. The van der Waals surface area contributed by atoms with Gasteiger partial charge in [-0.05, 0) is 6.42 Å². The van der Waals surface area contributed by atoms with Crippen LogP contribution in [0.3, 0.4) is 0 Å². The van der Waals surface area contributed by atoms with Gasteiger partial charge in [0, 0.05) is 20.3 Å². The Labute approximate surface area is 55.1 Å². The molecule has 0 bridgehead atoms. The number of hydrogen-bond acceptors (Lipinski definition) is 3. The van der Waals surface area contributed by atoms with E-state index in [-0.39, 0.29) is 12.2 Å². The van der Waals surface area contributed by atoms with Crippen LogP contribution < -0.4 is 5.73 Å². The van der Waals surface area contributed by atoms with Gasteiger partial charge in [0.15, 0.2) is 0 Å². The molecule has 9 heavy (non-hydrogen) atoms. The normalized spacial score (nSPS) is 35.3. The third-order valence-electron chi connectivity index (χ3n) is 1.68. The van der Waals surface area contributed by atoms with Crippen LogP contribution in [0, 0.1) is 0 Å². The van der Waals surface area contributed by atoms with E-state index in [1.807, 2.05) is 0 Å². The minimum absolute atomic E-state index is 0.134. The molecule has 0 aromatic rings. The van der Waals surface area contributed by atoms with Crippen LogP contribution in [0.2, 0.25) is 0 Å². The lowest BCUT2D eigenvalue weighted by Crippen LogP contribution is -2.30. The highest BCUT2D eigenvalue weighted by atomic mass is 16.5. The Balaban J connectivity index is 2.32. The van der Waals surface area contributed by atoms with Crippen LogP contribution in [0.1, 0.15) is 6.42 Å². The summed E-state index contributed by atoms with van der Waals surface area (Å²) in [6.45, 7) is 1.36. The Morgan fingerprint density at radius 2 is 2.56 bits per heavy atom. The molecular formula is C6H13NO2. The highest BCUT2D eigenvalue weighted by molar-refractivity contribution is 4.76. The Morgan fingerprint density at radius 3 is 3.00 bits per heavy atom. The van der Waals surface area contributed by atoms with E-state index in [1.165, 1.54) is 0 Å². The quantitative estimate of drug-likeness (QED) is 0.562. The van der Waals surface area contributed by atoms with Gasteiger partial charge in [-0.25, -0.2) is 0 Å². The molecule has 54 valence electrons. The van der Waals surface area contributed by atoms with E-state index in [1.54, 1.807) is 7.11 Å². The Hall–Kier alpha value is -0.120. The maximum atomic E-state index is 5.39. The second-order valence-electron chi connectivity index (χ2n) is 2.21. The maximum absolute atomic E-state index is 5.39. The van der Waals surface area contributed by atoms with Crippen LogP contribution in [0.4, 0.5) is 0 Å². The van der Waals surface area contributed by atoms with Crippen LogP contribution in [-0.4, -0.2) is 32.5 Å². The van der Waals surface area contributed by atoms with Crippen molar-refractivity contribution in [3.05, 3.63) is 0 Å². The summed E-state index contributed by atoms with van der Waals surface area (Å²) >= 11 is 0. The average Bonchev–Trinajstić information content (AvgIpc) is 2.33. The summed E-state index contributed by atoms with van der Waals surface area (Å²) in [4.78, 5) is 0. The number of nitrogens with two attached hydrogens (primary N) is 1. The van der Waals surface area contributed by atoms with Gasteiger partial charge in [-0.2, -0.15) is 0 Å². The van der Waals surface area contributed by atoms with E-state index in [0.29, 0.717) is 6.54 Å². The molecule has 0 aliphatic carbocycles. The fourth-order valence-corrected chi connectivity index (χ4v) is 1.12. The third-order valence-corrected chi connectivity index (χ3v) is 1.68. The minimum Gasteiger partial charge on any atom is -0.379 e. The molecule has 3 nitrogen and oxygen atoms in total. The van der Waals surface area contributed by atoms with Crippen LogP contribution >= 0.6 is 0 Å². The van der Waals surface area contributed by atoms with E-state index in [0.717, 1.165) is 13.0 Å². The molecule has 2 atom stereocenters. The number of hydrogen-bond donors (Lipinski definition) is 1. The SMILES string of the molecule is COC1CCOC1CN. The number of ether oxygens (including phenoxy) is 2. The van der Waals surface area contributed by atoms with Crippen molar-refractivity contribution < 1.29 is 9.47 Å². The summed E-state index contributed by atoms with van der Waals surface area (Å²) in [5.41, 5.74) is 5.39. The van der Waals surface area contributed by atoms with Crippen molar-refractivity contribution in [1.29, 1.82) is 0 Å². The summed E-state index contributed by atoms with van der Waals surface area (Å²) < 4.78 is 10.4. The molecule has 2 N–H and O–H groups in total. The van der Waals surface area contributed by atoms with Crippen LogP contribution in [0.5, 0.6) is 0 Å². The van der Waals surface area contributed by atoms with E-state index in [2.05, 4.69) is 0 Å². The molecule has 2 unspecified atom stereocenters. The van der Waals surface area contributed by atoms with E-state index >= 15 is 0 Å². The standard InChI is InChI=1S/C6H13NO2/c1-8-5-2-3-9-6(5)4-7/h5-6H,2-4,7H2,1H3. The highest BCUT2D eigenvalue weighted by Crippen LogP contribution is 2.14. The molecule has 1 heterocycles. The van der Waals surface area contributed by atoms with Gasteiger partial charge in [0.2, 0.25) is 0 Å². The molecular weight excluding hydrogens is 118 g/mol. The second kappa shape index (κ2) is 3.15. The van der Waals surface area contributed by atoms with Crippen molar-refractivity contribution in [2.45, 2.75) is 18.6 Å². The first-order valence-corrected chi connectivity index (χ1v) is 3.23. The topological polar surface area (TPSA) is 44.5 Å². The molecule has 1 rings (SSSR count). The fraction of sp³-hybridized carbons (Fsp3) is 1.00. The molecule has 0 spiro atoms. The van der Waals surface area contributed by atoms with Gasteiger partial charge >= 0.3 is 0 Å². The molecule has 0 amide bonds. The van der Waals surface area contributed by atoms with Gasteiger partial charge in [0.05, 0.1) is 12.2 Å². The van der Waals surface area contributed by atoms with Gasteiger partial charge in [0.25, 0.3) is 0 Å². The van der Waals surface area contributed by atoms with Crippen molar-refractivity contribution in [1.82, 2.24) is 0 Å². The largest absolute Gasteiger partial charge is 0.379 e. The monoisotopic (exact) mass is 131 g/mol. The first kappa shape index (κ1) is 6.99. The average molecular weight is 131 g/mol. The first-order chi connectivity index (χ1) is 4.38. The maximum Gasteiger partial charge on any atom is 0.0959 e. The molecule has 0 radical (unpaired) electrons. The second-order valence-corrected chi connectivity index (χ2v) is 2.21. The Bertz CT molecular complexity index is 77.1. The van der Waals surface area contributed by atoms with Crippen molar-refractivity contribution >= 4 is 0 Å².